The summed E-state index contributed by atoms with van der Waals surface area (Å²) >= 11 is 3.37. The lowest BCUT2D eigenvalue weighted by molar-refractivity contribution is 0.0710. The van der Waals surface area contributed by atoms with Crippen molar-refractivity contribution in [3.8, 4) is 0 Å². The Balaban J connectivity index is 2.33. The predicted octanol–water partition coefficient (Wildman–Crippen LogP) is 2.91. The van der Waals surface area contributed by atoms with Gasteiger partial charge in [-0.05, 0) is 45.8 Å². The SMILES string of the molecule is CCc1cc(N)c(Br)c(N)c1C(=O)CC1C(C)C=CC(OC)C1N. The second-order valence-electron chi connectivity index (χ2n) is 6.39. The molecule has 6 N–H and O–H groups in total. The monoisotopic (exact) mass is 395 g/mol. The number of rotatable bonds is 5. The molecule has 6 heteroatoms. The molecule has 4 unspecified atom stereocenters. The van der Waals surface area contributed by atoms with Gasteiger partial charge in [-0.15, -0.1) is 0 Å². The Kier molecular flexibility index (Phi) is 6.06. The van der Waals surface area contributed by atoms with Gasteiger partial charge in [0.2, 0.25) is 0 Å². The number of carbonyl (C=O) groups is 1. The quantitative estimate of drug-likeness (QED) is 0.403. The molecule has 0 bridgehead atoms. The summed E-state index contributed by atoms with van der Waals surface area (Å²) in [5.41, 5.74) is 20.8. The Morgan fingerprint density at radius 3 is 2.58 bits per heavy atom. The lowest BCUT2D eigenvalue weighted by atomic mass is 9.76. The molecule has 0 aromatic heterocycles. The zero-order valence-corrected chi connectivity index (χ0v) is 16.0. The summed E-state index contributed by atoms with van der Waals surface area (Å²) in [6.45, 7) is 4.06. The van der Waals surface area contributed by atoms with Crippen LogP contribution in [0, 0.1) is 11.8 Å². The molecule has 1 aliphatic rings. The average Bonchev–Trinajstić information content (AvgIpc) is 2.56. The van der Waals surface area contributed by atoms with Crippen molar-refractivity contribution in [1.29, 1.82) is 0 Å². The summed E-state index contributed by atoms with van der Waals surface area (Å²) in [5, 5.41) is 0. The van der Waals surface area contributed by atoms with Gasteiger partial charge in [0.25, 0.3) is 0 Å². The van der Waals surface area contributed by atoms with Crippen LogP contribution >= 0.6 is 15.9 Å². The number of hydrogen-bond acceptors (Lipinski definition) is 5. The molecule has 1 aromatic rings. The highest BCUT2D eigenvalue weighted by molar-refractivity contribution is 9.10. The van der Waals surface area contributed by atoms with Crippen LogP contribution in [0.5, 0.6) is 0 Å². The normalized spacial score (nSPS) is 26.5. The Morgan fingerprint density at radius 2 is 2.00 bits per heavy atom. The fourth-order valence-corrected chi connectivity index (χ4v) is 3.71. The number of aryl methyl sites for hydroxylation is 1. The zero-order valence-electron chi connectivity index (χ0n) is 14.4. The lowest BCUT2D eigenvalue weighted by Crippen LogP contribution is -2.47. The first-order chi connectivity index (χ1) is 11.3. The third kappa shape index (κ3) is 3.50. The number of carbonyl (C=O) groups excluding carboxylic acids is 1. The molecule has 1 aromatic carbocycles. The van der Waals surface area contributed by atoms with E-state index in [4.69, 9.17) is 21.9 Å². The fourth-order valence-electron chi connectivity index (χ4n) is 3.39. The summed E-state index contributed by atoms with van der Waals surface area (Å²) in [6, 6.07) is 1.60. The molecular formula is C18H26BrN3O2. The molecule has 24 heavy (non-hydrogen) atoms. The van der Waals surface area contributed by atoms with Crippen molar-refractivity contribution in [2.45, 2.75) is 38.8 Å². The number of allylic oxidation sites excluding steroid dienone is 1. The number of ketones is 1. The number of halogens is 1. The van der Waals surface area contributed by atoms with E-state index in [2.05, 4.69) is 28.9 Å². The van der Waals surface area contributed by atoms with Gasteiger partial charge < -0.3 is 21.9 Å². The van der Waals surface area contributed by atoms with Crippen molar-refractivity contribution in [2.24, 2.45) is 17.6 Å². The molecule has 0 heterocycles. The second kappa shape index (κ2) is 7.68. The molecule has 0 saturated carbocycles. The van der Waals surface area contributed by atoms with Crippen molar-refractivity contribution < 1.29 is 9.53 Å². The highest BCUT2D eigenvalue weighted by Crippen LogP contribution is 2.36. The van der Waals surface area contributed by atoms with Gasteiger partial charge in [0.1, 0.15) is 0 Å². The Labute approximate surface area is 151 Å². The van der Waals surface area contributed by atoms with E-state index in [0.29, 0.717) is 34.3 Å². The summed E-state index contributed by atoms with van der Waals surface area (Å²) in [6.07, 6.45) is 4.90. The molecule has 1 aliphatic carbocycles. The van der Waals surface area contributed by atoms with Gasteiger partial charge in [0.05, 0.1) is 16.3 Å². The first-order valence-electron chi connectivity index (χ1n) is 8.17. The molecule has 0 fully saturated rings. The van der Waals surface area contributed by atoms with Crippen LogP contribution in [-0.4, -0.2) is 25.0 Å². The van der Waals surface area contributed by atoms with Gasteiger partial charge in [0.15, 0.2) is 5.78 Å². The molecule has 4 atom stereocenters. The molecular weight excluding hydrogens is 370 g/mol. The smallest absolute Gasteiger partial charge is 0.165 e. The number of nitrogen functional groups attached to an aromatic ring is 2. The average molecular weight is 396 g/mol. The number of hydrogen-bond donors (Lipinski definition) is 3. The van der Waals surface area contributed by atoms with Crippen molar-refractivity contribution >= 4 is 33.1 Å². The summed E-state index contributed by atoms with van der Waals surface area (Å²) < 4.78 is 5.98. The molecule has 2 rings (SSSR count). The van der Waals surface area contributed by atoms with Crippen LogP contribution in [0.15, 0.2) is 22.7 Å². The van der Waals surface area contributed by atoms with Gasteiger partial charge in [-0.3, -0.25) is 4.79 Å². The number of ether oxygens (including phenoxy) is 1. The topological polar surface area (TPSA) is 104 Å². The van der Waals surface area contributed by atoms with Crippen molar-refractivity contribution in [3.63, 3.8) is 0 Å². The van der Waals surface area contributed by atoms with E-state index in [0.717, 1.165) is 5.56 Å². The number of methoxy groups -OCH3 is 1. The van der Waals surface area contributed by atoms with Gasteiger partial charge >= 0.3 is 0 Å². The lowest BCUT2D eigenvalue weighted by Gasteiger charge is -2.35. The van der Waals surface area contributed by atoms with Crippen molar-refractivity contribution in [1.82, 2.24) is 0 Å². The number of benzene rings is 1. The van der Waals surface area contributed by atoms with Gasteiger partial charge in [-0.25, -0.2) is 0 Å². The van der Waals surface area contributed by atoms with Crippen molar-refractivity contribution in [2.75, 3.05) is 18.6 Å². The molecule has 0 radical (unpaired) electrons. The highest BCUT2D eigenvalue weighted by Gasteiger charge is 2.34. The zero-order chi connectivity index (χ0) is 18.0. The minimum Gasteiger partial charge on any atom is -0.398 e. The van der Waals surface area contributed by atoms with E-state index < -0.39 is 0 Å². The molecule has 0 spiro atoms. The van der Waals surface area contributed by atoms with Crippen LogP contribution in [0.4, 0.5) is 11.4 Å². The van der Waals surface area contributed by atoms with Crippen LogP contribution in [0.2, 0.25) is 0 Å². The minimum absolute atomic E-state index is 0.00232. The summed E-state index contributed by atoms with van der Waals surface area (Å²) in [7, 11) is 1.63. The minimum atomic E-state index is -0.220. The Morgan fingerprint density at radius 1 is 1.33 bits per heavy atom. The first-order valence-corrected chi connectivity index (χ1v) is 8.97. The third-order valence-electron chi connectivity index (χ3n) is 4.92. The molecule has 5 nitrogen and oxygen atoms in total. The van der Waals surface area contributed by atoms with E-state index in [-0.39, 0.29) is 29.8 Å². The van der Waals surface area contributed by atoms with E-state index >= 15 is 0 Å². The van der Waals surface area contributed by atoms with E-state index in [1.54, 1.807) is 7.11 Å². The van der Waals surface area contributed by atoms with E-state index in [1.165, 1.54) is 0 Å². The Hall–Kier alpha value is -1.37. The van der Waals surface area contributed by atoms with Gasteiger partial charge in [-0.1, -0.05) is 26.0 Å². The van der Waals surface area contributed by atoms with Crippen LogP contribution < -0.4 is 17.2 Å². The van der Waals surface area contributed by atoms with Crippen LogP contribution in [-0.2, 0) is 11.2 Å². The predicted molar refractivity (Wildman–Crippen MR) is 102 cm³/mol. The van der Waals surface area contributed by atoms with Gasteiger partial charge in [-0.2, -0.15) is 0 Å². The summed E-state index contributed by atoms with van der Waals surface area (Å²) in [5.74, 6) is 0.217. The highest BCUT2D eigenvalue weighted by atomic mass is 79.9. The molecule has 0 saturated heterocycles. The summed E-state index contributed by atoms with van der Waals surface area (Å²) in [4.78, 5) is 13.0. The van der Waals surface area contributed by atoms with E-state index in [1.807, 2.05) is 19.1 Å². The van der Waals surface area contributed by atoms with Crippen LogP contribution in [0.1, 0.15) is 36.2 Å². The first kappa shape index (κ1) is 19.0. The maximum absolute atomic E-state index is 13.0. The largest absolute Gasteiger partial charge is 0.398 e. The number of anilines is 2. The molecule has 0 amide bonds. The standard InChI is InChI=1S/C18H26BrN3O2/c1-4-10-7-12(20)16(19)18(22)15(10)13(23)8-11-9(2)5-6-14(24-3)17(11)21/h5-7,9,11,14,17H,4,8,20-22H2,1-3H3. The maximum atomic E-state index is 13.0. The van der Waals surface area contributed by atoms with Crippen molar-refractivity contribution in [3.05, 3.63) is 33.8 Å². The molecule has 132 valence electrons. The molecule has 0 aliphatic heterocycles. The van der Waals surface area contributed by atoms with Crippen LogP contribution in [0.3, 0.4) is 0 Å². The second-order valence-corrected chi connectivity index (χ2v) is 7.19. The van der Waals surface area contributed by atoms with Crippen LogP contribution in [0.25, 0.3) is 0 Å². The van der Waals surface area contributed by atoms with E-state index in [9.17, 15) is 4.79 Å². The van der Waals surface area contributed by atoms with Gasteiger partial charge in [0, 0.05) is 30.8 Å². The number of nitrogens with two attached hydrogens (primary N) is 3. The fraction of sp³-hybridized carbons (Fsp3) is 0.500. The Bertz CT molecular complexity index is 660. The third-order valence-corrected chi connectivity index (χ3v) is 5.80. The maximum Gasteiger partial charge on any atom is 0.165 e. The number of Topliss-reactive ketones (excluding diaryl/α,β-unsaturated/α-hetero) is 1.